The van der Waals surface area contributed by atoms with Gasteiger partial charge in [-0.15, -0.1) is 0 Å². The quantitative estimate of drug-likeness (QED) is 0.600. The summed E-state index contributed by atoms with van der Waals surface area (Å²) in [5.41, 5.74) is 0. The number of alkyl halides is 3. The number of halogens is 3. The van der Waals surface area contributed by atoms with E-state index in [9.17, 15) is 13.2 Å². The third-order valence-corrected chi connectivity index (χ3v) is 3.22. The van der Waals surface area contributed by atoms with Crippen molar-refractivity contribution in [1.29, 1.82) is 0 Å². The fourth-order valence-electron chi connectivity index (χ4n) is 2.08. The minimum Gasteiger partial charge on any atom is -0.368 e. The largest absolute Gasteiger partial charge is 0.414 e. The SMILES string of the molecule is CC(OCCNC1CCCCCC1)C(F)(F)F. The Bertz CT molecular complexity index is 200. The molecule has 17 heavy (non-hydrogen) atoms. The summed E-state index contributed by atoms with van der Waals surface area (Å²) in [5.74, 6) is 0. The van der Waals surface area contributed by atoms with Crippen LogP contribution in [-0.2, 0) is 4.74 Å². The molecule has 0 bridgehead atoms. The molecule has 1 fully saturated rings. The van der Waals surface area contributed by atoms with Crippen LogP contribution in [0, 0.1) is 0 Å². The summed E-state index contributed by atoms with van der Waals surface area (Å²) in [6.45, 7) is 1.67. The molecule has 102 valence electrons. The molecule has 5 heteroatoms. The van der Waals surface area contributed by atoms with Crippen molar-refractivity contribution in [3.63, 3.8) is 0 Å². The van der Waals surface area contributed by atoms with E-state index >= 15 is 0 Å². The van der Waals surface area contributed by atoms with Crippen molar-refractivity contribution in [2.24, 2.45) is 0 Å². The highest BCUT2D eigenvalue weighted by molar-refractivity contribution is 4.70. The number of hydrogen-bond donors (Lipinski definition) is 1. The Morgan fingerprint density at radius 3 is 2.29 bits per heavy atom. The predicted molar refractivity (Wildman–Crippen MR) is 61.0 cm³/mol. The second-order valence-corrected chi connectivity index (χ2v) is 4.70. The van der Waals surface area contributed by atoms with Gasteiger partial charge in [-0.1, -0.05) is 25.7 Å². The van der Waals surface area contributed by atoms with Crippen LogP contribution in [0.3, 0.4) is 0 Å². The highest BCUT2D eigenvalue weighted by Gasteiger charge is 2.36. The summed E-state index contributed by atoms with van der Waals surface area (Å²) in [5, 5.41) is 3.28. The Kier molecular flexibility index (Phi) is 6.27. The Morgan fingerprint density at radius 1 is 1.18 bits per heavy atom. The number of nitrogens with one attached hydrogen (secondary N) is 1. The first kappa shape index (κ1) is 14.8. The molecule has 0 aromatic heterocycles. The monoisotopic (exact) mass is 253 g/mol. The lowest BCUT2D eigenvalue weighted by Crippen LogP contribution is -2.35. The van der Waals surface area contributed by atoms with Gasteiger partial charge in [0.05, 0.1) is 6.61 Å². The van der Waals surface area contributed by atoms with Crippen molar-refractivity contribution in [2.45, 2.75) is 63.8 Å². The Morgan fingerprint density at radius 2 is 1.76 bits per heavy atom. The summed E-state index contributed by atoms with van der Waals surface area (Å²) < 4.78 is 41.2. The van der Waals surface area contributed by atoms with Gasteiger partial charge in [-0.3, -0.25) is 0 Å². The van der Waals surface area contributed by atoms with Gasteiger partial charge >= 0.3 is 6.18 Å². The van der Waals surface area contributed by atoms with Crippen LogP contribution >= 0.6 is 0 Å². The van der Waals surface area contributed by atoms with E-state index in [1.165, 1.54) is 25.7 Å². The summed E-state index contributed by atoms with van der Waals surface area (Å²) in [6.07, 6.45) is 1.35. The van der Waals surface area contributed by atoms with Crippen molar-refractivity contribution in [3.05, 3.63) is 0 Å². The van der Waals surface area contributed by atoms with E-state index in [0.29, 0.717) is 12.6 Å². The lowest BCUT2D eigenvalue weighted by Gasteiger charge is -2.19. The van der Waals surface area contributed by atoms with Crippen LogP contribution in [0.15, 0.2) is 0 Å². The van der Waals surface area contributed by atoms with Gasteiger partial charge in [0.25, 0.3) is 0 Å². The molecule has 0 heterocycles. The molecule has 0 aliphatic heterocycles. The third-order valence-electron chi connectivity index (χ3n) is 3.22. The molecule has 1 saturated carbocycles. The van der Waals surface area contributed by atoms with Gasteiger partial charge < -0.3 is 10.1 Å². The number of rotatable bonds is 5. The third kappa shape index (κ3) is 6.27. The van der Waals surface area contributed by atoms with E-state index in [2.05, 4.69) is 5.32 Å². The van der Waals surface area contributed by atoms with Gasteiger partial charge in [0.1, 0.15) is 0 Å². The second kappa shape index (κ2) is 7.21. The van der Waals surface area contributed by atoms with Crippen LogP contribution in [-0.4, -0.2) is 31.5 Å². The van der Waals surface area contributed by atoms with E-state index in [-0.39, 0.29) is 6.61 Å². The lowest BCUT2D eigenvalue weighted by atomic mass is 10.1. The molecular formula is C12H22F3NO. The van der Waals surface area contributed by atoms with E-state index in [0.717, 1.165) is 19.8 Å². The van der Waals surface area contributed by atoms with Crippen molar-refractivity contribution in [3.8, 4) is 0 Å². The van der Waals surface area contributed by atoms with Crippen molar-refractivity contribution in [1.82, 2.24) is 5.32 Å². The first-order valence-corrected chi connectivity index (χ1v) is 6.42. The zero-order chi connectivity index (χ0) is 12.7. The number of ether oxygens (including phenoxy) is 1. The maximum absolute atomic E-state index is 12.1. The fourth-order valence-corrected chi connectivity index (χ4v) is 2.08. The van der Waals surface area contributed by atoms with Gasteiger partial charge in [-0.25, -0.2) is 0 Å². The zero-order valence-corrected chi connectivity index (χ0v) is 10.4. The van der Waals surface area contributed by atoms with Gasteiger partial charge in [0, 0.05) is 12.6 Å². The normalized spacial score (nSPS) is 21.2. The average Bonchev–Trinajstić information content (AvgIpc) is 2.51. The molecule has 0 saturated heterocycles. The van der Waals surface area contributed by atoms with Crippen LogP contribution in [0.1, 0.15) is 45.4 Å². The maximum atomic E-state index is 12.1. The summed E-state index contributed by atoms with van der Waals surface area (Å²) in [6, 6.07) is 0.460. The van der Waals surface area contributed by atoms with Crippen LogP contribution < -0.4 is 5.32 Å². The highest BCUT2D eigenvalue weighted by atomic mass is 19.4. The molecular weight excluding hydrogens is 231 g/mol. The highest BCUT2D eigenvalue weighted by Crippen LogP contribution is 2.22. The molecule has 0 spiro atoms. The van der Waals surface area contributed by atoms with Crippen LogP contribution in [0.4, 0.5) is 13.2 Å². The topological polar surface area (TPSA) is 21.3 Å². The van der Waals surface area contributed by atoms with Gasteiger partial charge in [0.15, 0.2) is 6.10 Å². The fraction of sp³-hybridized carbons (Fsp3) is 1.00. The zero-order valence-electron chi connectivity index (χ0n) is 10.4. The van der Waals surface area contributed by atoms with Crippen LogP contribution in [0.25, 0.3) is 0 Å². The summed E-state index contributed by atoms with van der Waals surface area (Å²) in [4.78, 5) is 0. The maximum Gasteiger partial charge on any atom is 0.414 e. The molecule has 0 amide bonds. The molecule has 0 radical (unpaired) electrons. The van der Waals surface area contributed by atoms with Crippen LogP contribution in [0.2, 0.25) is 0 Å². The Hall–Kier alpha value is -0.290. The van der Waals surface area contributed by atoms with E-state index < -0.39 is 12.3 Å². The van der Waals surface area contributed by atoms with Crippen molar-refractivity contribution >= 4 is 0 Å². The Balaban J connectivity index is 2.07. The molecule has 1 unspecified atom stereocenters. The summed E-state index contributed by atoms with van der Waals surface area (Å²) >= 11 is 0. The van der Waals surface area contributed by atoms with Gasteiger partial charge in [-0.05, 0) is 19.8 Å². The first-order valence-electron chi connectivity index (χ1n) is 6.42. The van der Waals surface area contributed by atoms with Crippen LogP contribution in [0.5, 0.6) is 0 Å². The average molecular weight is 253 g/mol. The van der Waals surface area contributed by atoms with Crippen molar-refractivity contribution < 1.29 is 17.9 Å². The smallest absolute Gasteiger partial charge is 0.368 e. The Labute approximate surface area is 101 Å². The van der Waals surface area contributed by atoms with Gasteiger partial charge in [-0.2, -0.15) is 13.2 Å². The molecule has 1 atom stereocenters. The molecule has 1 aliphatic carbocycles. The molecule has 1 aliphatic rings. The molecule has 0 aromatic carbocycles. The van der Waals surface area contributed by atoms with E-state index in [1.54, 1.807) is 0 Å². The molecule has 1 rings (SSSR count). The molecule has 0 aromatic rings. The molecule has 1 N–H and O–H groups in total. The standard InChI is InChI=1S/C12H22F3NO/c1-10(12(13,14)15)17-9-8-16-11-6-4-2-3-5-7-11/h10-11,16H,2-9H2,1H3. The minimum atomic E-state index is -4.25. The predicted octanol–water partition coefficient (Wildman–Crippen LogP) is 3.27. The first-order chi connectivity index (χ1) is 8.00. The summed E-state index contributed by atoms with van der Waals surface area (Å²) in [7, 11) is 0. The second-order valence-electron chi connectivity index (χ2n) is 4.70. The minimum absolute atomic E-state index is 0.122. The van der Waals surface area contributed by atoms with Crippen molar-refractivity contribution in [2.75, 3.05) is 13.2 Å². The lowest BCUT2D eigenvalue weighted by molar-refractivity contribution is -0.213. The number of hydrogen-bond acceptors (Lipinski definition) is 2. The van der Waals surface area contributed by atoms with Gasteiger partial charge in [0.2, 0.25) is 0 Å². The molecule has 2 nitrogen and oxygen atoms in total. The van der Waals surface area contributed by atoms with E-state index in [1.807, 2.05) is 0 Å². The van der Waals surface area contributed by atoms with E-state index in [4.69, 9.17) is 4.74 Å².